The van der Waals surface area contributed by atoms with Gasteiger partial charge in [0.15, 0.2) is 0 Å². The lowest BCUT2D eigenvalue weighted by molar-refractivity contribution is 0.267. The number of H-pyrrole nitrogens is 1. The molecule has 4 heteroatoms. The topological polar surface area (TPSA) is 50.8 Å². The molecule has 1 N–H and O–H groups in total. The van der Waals surface area contributed by atoms with Crippen LogP contribution in [0.1, 0.15) is 69.7 Å². The highest BCUT2D eigenvalue weighted by Crippen LogP contribution is 2.32. The first kappa shape index (κ1) is 17.5. The smallest absolute Gasteiger partial charge is 0.122 e. The molecule has 2 rings (SSSR count). The number of nitrogens with zero attached hydrogens (tertiary/aromatic N) is 2. The number of hydrogen-bond acceptors (Lipinski definition) is 3. The van der Waals surface area contributed by atoms with Gasteiger partial charge in [-0.15, -0.1) is 0 Å². The van der Waals surface area contributed by atoms with Gasteiger partial charge in [-0.3, -0.25) is 0 Å². The monoisotopic (exact) mass is 315 g/mol. The van der Waals surface area contributed by atoms with Crippen LogP contribution in [-0.2, 0) is 6.42 Å². The highest BCUT2D eigenvalue weighted by Gasteiger charge is 2.16. The van der Waals surface area contributed by atoms with Gasteiger partial charge >= 0.3 is 0 Å². The van der Waals surface area contributed by atoms with Crippen LogP contribution in [0.3, 0.4) is 0 Å². The first-order chi connectivity index (χ1) is 11.0. The minimum absolute atomic E-state index is 0.446. The molecule has 1 atom stereocenters. The van der Waals surface area contributed by atoms with Crippen LogP contribution in [0.4, 0.5) is 0 Å². The van der Waals surface area contributed by atoms with Crippen molar-refractivity contribution in [3.8, 4) is 5.75 Å². The average Bonchev–Trinajstić information content (AvgIpc) is 3.03. The van der Waals surface area contributed by atoms with E-state index < -0.39 is 0 Å². The molecule has 0 fully saturated rings. The van der Waals surface area contributed by atoms with Crippen molar-refractivity contribution in [3.63, 3.8) is 0 Å². The Morgan fingerprint density at radius 1 is 1.17 bits per heavy atom. The van der Waals surface area contributed by atoms with E-state index in [0.29, 0.717) is 17.8 Å². The van der Waals surface area contributed by atoms with Crippen LogP contribution in [0.25, 0.3) is 0 Å². The van der Waals surface area contributed by atoms with E-state index in [0.717, 1.165) is 30.9 Å². The molecular formula is C19H29N3O. The van der Waals surface area contributed by atoms with E-state index in [1.807, 2.05) is 6.20 Å². The standard InChI is InChI=1S/C19H29N3O/c1-6-15(9-17-11-20-22-21-17)16-7-8-19(23-12-13(2)3)18(10-16)14(4)5/h7-8,10-11,13-15H,6,9,12H2,1-5H3,(H,20,21,22). The van der Waals surface area contributed by atoms with E-state index in [2.05, 4.69) is 68.2 Å². The Bertz CT molecular complexity index is 591. The summed E-state index contributed by atoms with van der Waals surface area (Å²) in [5.41, 5.74) is 3.67. The van der Waals surface area contributed by atoms with Crippen LogP contribution < -0.4 is 4.74 Å². The Labute approximate surface area is 139 Å². The van der Waals surface area contributed by atoms with Crippen LogP contribution in [0, 0.1) is 5.92 Å². The summed E-state index contributed by atoms with van der Waals surface area (Å²) in [5, 5.41) is 10.8. The summed E-state index contributed by atoms with van der Waals surface area (Å²) in [6.45, 7) is 11.8. The lowest BCUT2D eigenvalue weighted by Gasteiger charge is -2.20. The summed E-state index contributed by atoms with van der Waals surface area (Å²) in [6, 6.07) is 6.66. The Hall–Kier alpha value is -1.84. The normalized spacial score (nSPS) is 12.8. The molecule has 1 heterocycles. The van der Waals surface area contributed by atoms with Crippen molar-refractivity contribution in [2.75, 3.05) is 6.61 Å². The average molecular weight is 315 g/mol. The van der Waals surface area contributed by atoms with E-state index >= 15 is 0 Å². The largest absolute Gasteiger partial charge is 0.493 e. The quantitative estimate of drug-likeness (QED) is 0.768. The molecule has 0 aliphatic carbocycles. The molecule has 0 amide bonds. The number of benzene rings is 1. The maximum absolute atomic E-state index is 6.01. The Kier molecular flexibility index (Phi) is 6.20. The molecule has 0 aliphatic heterocycles. The van der Waals surface area contributed by atoms with Crippen molar-refractivity contribution in [1.29, 1.82) is 0 Å². The molecule has 0 saturated carbocycles. The molecule has 4 nitrogen and oxygen atoms in total. The van der Waals surface area contributed by atoms with Crippen molar-refractivity contribution in [1.82, 2.24) is 15.4 Å². The van der Waals surface area contributed by atoms with Crippen molar-refractivity contribution in [2.45, 2.75) is 59.3 Å². The Morgan fingerprint density at radius 3 is 2.52 bits per heavy atom. The number of rotatable bonds is 8. The summed E-state index contributed by atoms with van der Waals surface area (Å²) < 4.78 is 6.01. The van der Waals surface area contributed by atoms with Gasteiger partial charge in [0.1, 0.15) is 5.75 Å². The van der Waals surface area contributed by atoms with Crippen molar-refractivity contribution in [3.05, 3.63) is 41.2 Å². The fourth-order valence-electron chi connectivity index (χ4n) is 2.73. The van der Waals surface area contributed by atoms with E-state index in [4.69, 9.17) is 4.74 Å². The molecule has 126 valence electrons. The second-order valence-electron chi connectivity index (χ2n) is 6.93. The Balaban J connectivity index is 2.22. The first-order valence-electron chi connectivity index (χ1n) is 8.62. The number of hydrogen-bond donors (Lipinski definition) is 1. The number of nitrogens with one attached hydrogen (secondary N) is 1. The molecule has 1 aromatic carbocycles. The minimum atomic E-state index is 0.446. The van der Waals surface area contributed by atoms with Crippen molar-refractivity contribution in [2.24, 2.45) is 5.92 Å². The zero-order chi connectivity index (χ0) is 16.8. The molecule has 23 heavy (non-hydrogen) atoms. The molecule has 0 spiro atoms. The van der Waals surface area contributed by atoms with Gasteiger partial charge in [-0.2, -0.15) is 15.4 Å². The molecule has 0 aliphatic rings. The fourth-order valence-corrected chi connectivity index (χ4v) is 2.73. The molecule has 1 unspecified atom stereocenters. The maximum Gasteiger partial charge on any atom is 0.122 e. The third-order valence-electron chi connectivity index (χ3n) is 4.11. The number of aromatic amines is 1. The van der Waals surface area contributed by atoms with Gasteiger partial charge in [-0.05, 0) is 47.8 Å². The van der Waals surface area contributed by atoms with E-state index in [1.54, 1.807) is 0 Å². The van der Waals surface area contributed by atoms with Gasteiger partial charge in [0.05, 0.1) is 18.5 Å². The third kappa shape index (κ3) is 4.81. The van der Waals surface area contributed by atoms with Crippen LogP contribution in [-0.4, -0.2) is 22.0 Å². The van der Waals surface area contributed by atoms with Gasteiger partial charge < -0.3 is 4.74 Å². The summed E-state index contributed by atoms with van der Waals surface area (Å²) >= 11 is 0. The predicted molar refractivity (Wildman–Crippen MR) is 94.0 cm³/mol. The lowest BCUT2D eigenvalue weighted by atomic mass is 9.89. The second-order valence-corrected chi connectivity index (χ2v) is 6.93. The van der Waals surface area contributed by atoms with Crippen molar-refractivity contribution < 1.29 is 4.74 Å². The minimum Gasteiger partial charge on any atom is -0.493 e. The van der Waals surface area contributed by atoms with E-state index in [-0.39, 0.29) is 0 Å². The number of ether oxygens (including phenoxy) is 1. The highest BCUT2D eigenvalue weighted by atomic mass is 16.5. The van der Waals surface area contributed by atoms with E-state index in [9.17, 15) is 0 Å². The summed E-state index contributed by atoms with van der Waals surface area (Å²) in [7, 11) is 0. The van der Waals surface area contributed by atoms with Gasteiger partial charge in [0, 0.05) is 0 Å². The molecule has 0 saturated heterocycles. The highest BCUT2D eigenvalue weighted by molar-refractivity contribution is 5.40. The van der Waals surface area contributed by atoms with Crippen molar-refractivity contribution >= 4 is 0 Å². The first-order valence-corrected chi connectivity index (χ1v) is 8.62. The second kappa shape index (κ2) is 8.14. The SMILES string of the molecule is CCC(Cc1cn[nH]n1)c1ccc(OCC(C)C)c(C(C)C)c1. The molecular weight excluding hydrogens is 286 g/mol. The van der Waals surface area contributed by atoms with Crippen LogP contribution in [0.5, 0.6) is 5.75 Å². The Morgan fingerprint density at radius 2 is 1.96 bits per heavy atom. The molecule has 2 aromatic rings. The predicted octanol–water partition coefficient (Wildman–Crippen LogP) is 4.70. The van der Waals surface area contributed by atoms with Gasteiger partial charge in [0.2, 0.25) is 0 Å². The lowest BCUT2D eigenvalue weighted by Crippen LogP contribution is -2.08. The zero-order valence-corrected chi connectivity index (χ0v) is 15.0. The van der Waals surface area contributed by atoms with E-state index in [1.165, 1.54) is 11.1 Å². The summed E-state index contributed by atoms with van der Waals surface area (Å²) in [5.74, 6) is 2.46. The van der Waals surface area contributed by atoms with Gasteiger partial charge in [-0.1, -0.05) is 46.8 Å². The molecule has 0 radical (unpaired) electrons. The fraction of sp³-hybridized carbons (Fsp3) is 0.579. The van der Waals surface area contributed by atoms with Gasteiger partial charge in [0.25, 0.3) is 0 Å². The molecule has 1 aromatic heterocycles. The molecule has 0 bridgehead atoms. The summed E-state index contributed by atoms with van der Waals surface area (Å²) in [4.78, 5) is 0. The third-order valence-corrected chi connectivity index (χ3v) is 4.11. The zero-order valence-electron chi connectivity index (χ0n) is 15.0. The van der Waals surface area contributed by atoms with Gasteiger partial charge in [-0.25, -0.2) is 0 Å². The number of aromatic nitrogens is 3. The maximum atomic E-state index is 6.01. The summed E-state index contributed by atoms with van der Waals surface area (Å²) in [6.07, 6.45) is 3.81. The van der Waals surface area contributed by atoms with Crippen LogP contribution in [0.2, 0.25) is 0 Å². The van der Waals surface area contributed by atoms with Crippen LogP contribution >= 0.6 is 0 Å². The van der Waals surface area contributed by atoms with Crippen LogP contribution in [0.15, 0.2) is 24.4 Å².